The number of halogens is 1. The Morgan fingerprint density at radius 2 is 1.69 bits per heavy atom. The molecule has 1 N–H and O–H groups in total. The molecule has 0 bridgehead atoms. The fourth-order valence-corrected chi connectivity index (χ4v) is 4.86. The van der Waals surface area contributed by atoms with Gasteiger partial charge in [-0.1, -0.05) is 43.0 Å². The highest BCUT2D eigenvalue weighted by Crippen LogP contribution is 2.43. The Labute approximate surface area is 192 Å². The lowest BCUT2D eigenvalue weighted by Crippen LogP contribution is -2.40. The van der Waals surface area contributed by atoms with Crippen LogP contribution in [-0.4, -0.2) is 42.0 Å². The molecule has 0 aromatic heterocycles. The number of hydrogen-bond donors (Lipinski definition) is 1. The molecule has 1 heterocycles. The number of rotatable bonds is 5. The zero-order chi connectivity index (χ0) is 22.8. The molecule has 1 saturated heterocycles. The number of likely N-dealkylation sites (tertiary alicyclic amines) is 1. The van der Waals surface area contributed by atoms with E-state index < -0.39 is 17.7 Å². The molecule has 2 aromatic carbocycles. The van der Waals surface area contributed by atoms with Gasteiger partial charge in [-0.25, -0.2) is 0 Å². The van der Waals surface area contributed by atoms with Crippen LogP contribution in [0.15, 0.2) is 48.0 Å². The number of benzene rings is 2. The van der Waals surface area contributed by atoms with E-state index in [-0.39, 0.29) is 17.4 Å². The van der Waals surface area contributed by atoms with Gasteiger partial charge in [-0.3, -0.25) is 9.59 Å². The largest absolute Gasteiger partial charge is 0.507 e. The Hall–Kier alpha value is -2.99. The van der Waals surface area contributed by atoms with Gasteiger partial charge < -0.3 is 19.5 Å². The van der Waals surface area contributed by atoms with E-state index in [9.17, 15) is 14.7 Å². The van der Waals surface area contributed by atoms with Crippen molar-refractivity contribution in [2.24, 2.45) is 0 Å². The summed E-state index contributed by atoms with van der Waals surface area (Å²) in [5, 5.41) is 11.6. The van der Waals surface area contributed by atoms with Gasteiger partial charge in [-0.05, 0) is 48.7 Å². The summed E-state index contributed by atoms with van der Waals surface area (Å²) in [5.41, 5.74) is 1.19. The van der Waals surface area contributed by atoms with Gasteiger partial charge in [0.2, 0.25) is 0 Å². The van der Waals surface area contributed by atoms with Gasteiger partial charge in [0.1, 0.15) is 17.3 Å². The standard InChI is InChI=1S/C25H26ClNO5/c1-31-18-11-8-15(9-12-18)22-21(23(28)16-10-13-19(26)20(14-16)32-2)24(29)25(30)27(22)17-6-4-3-5-7-17/h8-14,17,22,28H,3-7H2,1-2H3/b23-21-. The summed E-state index contributed by atoms with van der Waals surface area (Å²) in [5.74, 6) is -0.440. The average Bonchev–Trinajstić information content (AvgIpc) is 3.10. The molecule has 0 spiro atoms. The Balaban J connectivity index is 1.87. The highest BCUT2D eigenvalue weighted by atomic mass is 35.5. The monoisotopic (exact) mass is 455 g/mol. The van der Waals surface area contributed by atoms with E-state index in [0.717, 1.165) is 37.7 Å². The predicted molar refractivity (Wildman–Crippen MR) is 122 cm³/mol. The van der Waals surface area contributed by atoms with Crippen molar-refractivity contribution in [1.29, 1.82) is 0 Å². The van der Waals surface area contributed by atoms with Crippen LogP contribution in [0.2, 0.25) is 5.02 Å². The van der Waals surface area contributed by atoms with E-state index in [1.165, 1.54) is 7.11 Å². The molecule has 1 aliphatic carbocycles. The fourth-order valence-electron chi connectivity index (χ4n) is 4.66. The maximum Gasteiger partial charge on any atom is 0.295 e. The molecule has 4 rings (SSSR count). The summed E-state index contributed by atoms with van der Waals surface area (Å²) >= 11 is 6.13. The first kappa shape index (κ1) is 22.2. The maximum atomic E-state index is 13.2. The molecule has 2 fully saturated rings. The van der Waals surface area contributed by atoms with Crippen LogP contribution in [0.1, 0.15) is 49.3 Å². The van der Waals surface area contributed by atoms with E-state index in [4.69, 9.17) is 21.1 Å². The summed E-state index contributed by atoms with van der Waals surface area (Å²) in [7, 11) is 3.06. The minimum Gasteiger partial charge on any atom is -0.507 e. The van der Waals surface area contributed by atoms with Crippen molar-refractivity contribution < 1.29 is 24.2 Å². The molecule has 0 radical (unpaired) electrons. The predicted octanol–water partition coefficient (Wildman–Crippen LogP) is 5.11. The van der Waals surface area contributed by atoms with Crippen molar-refractivity contribution >= 4 is 29.1 Å². The van der Waals surface area contributed by atoms with E-state index in [1.54, 1.807) is 42.3 Å². The van der Waals surface area contributed by atoms with Crippen LogP contribution in [0.5, 0.6) is 11.5 Å². The molecule has 168 valence electrons. The quantitative estimate of drug-likeness (QED) is 0.385. The topological polar surface area (TPSA) is 76.1 Å². The van der Waals surface area contributed by atoms with Crippen LogP contribution < -0.4 is 9.47 Å². The molecule has 1 saturated carbocycles. The number of ketones is 1. The van der Waals surface area contributed by atoms with Gasteiger partial charge in [0, 0.05) is 11.6 Å². The first-order valence-corrected chi connectivity index (χ1v) is 11.1. The number of Topliss-reactive ketones (excluding diaryl/α,β-unsaturated/α-hetero) is 1. The number of hydrogen-bond acceptors (Lipinski definition) is 5. The van der Waals surface area contributed by atoms with Crippen LogP contribution in [0.3, 0.4) is 0 Å². The lowest BCUT2D eigenvalue weighted by molar-refractivity contribution is -0.141. The SMILES string of the molecule is COc1ccc(C2/C(=C(/O)c3ccc(Cl)c(OC)c3)C(=O)C(=O)N2C2CCCCC2)cc1. The number of ether oxygens (including phenoxy) is 2. The molecular weight excluding hydrogens is 430 g/mol. The normalized spacial score (nSPS) is 21.1. The van der Waals surface area contributed by atoms with Crippen LogP contribution in [-0.2, 0) is 9.59 Å². The second-order valence-electron chi connectivity index (χ2n) is 8.12. The highest BCUT2D eigenvalue weighted by Gasteiger charge is 2.48. The van der Waals surface area contributed by atoms with E-state index in [1.807, 2.05) is 12.1 Å². The minimum atomic E-state index is -0.678. The lowest BCUT2D eigenvalue weighted by Gasteiger charge is -2.35. The third kappa shape index (κ3) is 3.95. The van der Waals surface area contributed by atoms with Crippen molar-refractivity contribution in [3.63, 3.8) is 0 Å². The smallest absolute Gasteiger partial charge is 0.295 e. The first-order chi connectivity index (χ1) is 15.5. The molecule has 1 amide bonds. The molecule has 6 nitrogen and oxygen atoms in total. The second kappa shape index (κ2) is 9.25. The average molecular weight is 456 g/mol. The second-order valence-corrected chi connectivity index (χ2v) is 8.53. The van der Waals surface area contributed by atoms with Gasteiger partial charge in [0.25, 0.3) is 11.7 Å². The maximum absolute atomic E-state index is 13.2. The van der Waals surface area contributed by atoms with Crippen molar-refractivity contribution in [3.05, 3.63) is 64.2 Å². The van der Waals surface area contributed by atoms with Gasteiger partial charge in [-0.15, -0.1) is 0 Å². The summed E-state index contributed by atoms with van der Waals surface area (Å²) in [6, 6.07) is 11.3. The van der Waals surface area contributed by atoms with E-state index in [0.29, 0.717) is 22.1 Å². The van der Waals surface area contributed by atoms with Crippen LogP contribution >= 0.6 is 11.6 Å². The van der Waals surface area contributed by atoms with Gasteiger partial charge in [0.15, 0.2) is 0 Å². The Bertz CT molecular complexity index is 1060. The van der Waals surface area contributed by atoms with Crippen LogP contribution in [0.25, 0.3) is 5.76 Å². The van der Waals surface area contributed by atoms with Crippen molar-refractivity contribution in [2.75, 3.05) is 14.2 Å². The Kier molecular flexibility index (Phi) is 6.42. The minimum absolute atomic E-state index is 0.0441. The summed E-state index contributed by atoms with van der Waals surface area (Å²) in [6.07, 6.45) is 4.83. The number of amides is 1. The summed E-state index contributed by atoms with van der Waals surface area (Å²) in [4.78, 5) is 28.1. The number of methoxy groups -OCH3 is 2. The molecule has 1 atom stereocenters. The first-order valence-electron chi connectivity index (χ1n) is 10.7. The van der Waals surface area contributed by atoms with Gasteiger partial charge in [-0.2, -0.15) is 0 Å². The third-order valence-corrected chi connectivity index (χ3v) is 6.62. The Morgan fingerprint density at radius 3 is 2.31 bits per heavy atom. The fraction of sp³-hybridized carbons (Fsp3) is 0.360. The van der Waals surface area contributed by atoms with Crippen LogP contribution in [0.4, 0.5) is 0 Å². The molecule has 2 aromatic rings. The number of aliphatic hydroxyl groups excluding tert-OH is 1. The number of aliphatic hydroxyl groups is 1. The van der Waals surface area contributed by atoms with Crippen LogP contribution in [0, 0.1) is 0 Å². The third-order valence-electron chi connectivity index (χ3n) is 6.30. The van der Waals surface area contributed by atoms with Gasteiger partial charge >= 0.3 is 0 Å². The zero-order valence-electron chi connectivity index (χ0n) is 18.1. The lowest BCUT2D eigenvalue weighted by atomic mass is 9.91. The zero-order valence-corrected chi connectivity index (χ0v) is 18.9. The van der Waals surface area contributed by atoms with Gasteiger partial charge in [0.05, 0.1) is 30.9 Å². The number of carbonyl (C=O) groups is 2. The molecular formula is C25H26ClNO5. The van der Waals surface area contributed by atoms with Crippen molar-refractivity contribution in [2.45, 2.75) is 44.2 Å². The van der Waals surface area contributed by atoms with E-state index in [2.05, 4.69) is 0 Å². The Morgan fingerprint density at radius 1 is 1.00 bits per heavy atom. The van der Waals surface area contributed by atoms with Crippen molar-refractivity contribution in [1.82, 2.24) is 4.90 Å². The molecule has 7 heteroatoms. The molecule has 32 heavy (non-hydrogen) atoms. The molecule has 1 aliphatic heterocycles. The summed E-state index contributed by atoms with van der Waals surface area (Å²) < 4.78 is 10.5. The highest BCUT2D eigenvalue weighted by molar-refractivity contribution is 6.46. The molecule has 1 unspecified atom stereocenters. The number of nitrogens with zero attached hydrogens (tertiary/aromatic N) is 1. The number of carbonyl (C=O) groups excluding carboxylic acids is 2. The van der Waals surface area contributed by atoms with Crippen molar-refractivity contribution in [3.8, 4) is 11.5 Å². The molecule has 2 aliphatic rings. The van der Waals surface area contributed by atoms with E-state index >= 15 is 0 Å². The summed E-state index contributed by atoms with van der Waals surface area (Å²) in [6.45, 7) is 0.